The normalized spacial score (nSPS) is 9.86. The highest BCUT2D eigenvalue weighted by Gasteiger charge is 2.20. The zero-order chi connectivity index (χ0) is 15.2. The number of hydrogen-bond acceptors (Lipinski definition) is 3. The molecule has 0 atom stereocenters. The molecule has 21 heavy (non-hydrogen) atoms. The third-order valence-electron chi connectivity index (χ3n) is 2.84. The number of carbonyl (C=O) groups excluding carboxylic acids is 1. The second-order valence-electron chi connectivity index (χ2n) is 4.17. The van der Waals surface area contributed by atoms with E-state index in [9.17, 15) is 9.18 Å². The van der Waals surface area contributed by atoms with E-state index in [4.69, 9.17) is 5.73 Å². The van der Waals surface area contributed by atoms with E-state index in [1.54, 1.807) is 30.3 Å². The van der Waals surface area contributed by atoms with Crippen molar-refractivity contribution in [3.63, 3.8) is 0 Å². The zero-order valence-electron chi connectivity index (χ0n) is 11.6. The van der Waals surface area contributed by atoms with Crippen molar-refractivity contribution in [2.24, 2.45) is 5.73 Å². The van der Waals surface area contributed by atoms with Crippen LogP contribution in [0.3, 0.4) is 0 Å². The van der Waals surface area contributed by atoms with Gasteiger partial charge in [0.1, 0.15) is 5.82 Å². The molecule has 0 aliphatic carbocycles. The number of thiophene rings is 1. The molecule has 5 heteroatoms. The van der Waals surface area contributed by atoms with E-state index in [-0.39, 0.29) is 18.1 Å². The summed E-state index contributed by atoms with van der Waals surface area (Å²) in [5.74, 6) is 4.99. The molecule has 1 aromatic heterocycles. The first-order chi connectivity index (χ1) is 10.2. The molecule has 0 fully saturated rings. The molecule has 0 radical (unpaired) electrons. The molecule has 108 valence electrons. The lowest BCUT2D eigenvalue weighted by Crippen LogP contribution is -2.30. The average molecular weight is 302 g/mol. The molecule has 0 bridgehead atoms. The molecule has 0 aliphatic rings. The van der Waals surface area contributed by atoms with Crippen molar-refractivity contribution in [3.8, 4) is 11.8 Å². The smallest absolute Gasteiger partial charge is 0.268 e. The van der Waals surface area contributed by atoms with Gasteiger partial charge in [0.25, 0.3) is 5.91 Å². The van der Waals surface area contributed by atoms with Gasteiger partial charge in [0.15, 0.2) is 0 Å². The Labute approximate surface area is 127 Å². The van der Waals surface area contributed by atoms with Crippen LogP contribution < -0.4 is 10.6 Å². The number of nitrogens with zero attached hydrogens (tertiary/aromatic N) is 1. The Morgan fingerprint density at radius 2 is 2.10 bits per heavy atom. The molecule has 1 aromatic carbocycles. The van der Waals surface area contributed by atoms with Crippen LogP contribution in [0.15, 0.2) is 36.4 Å². The predicted octanol–water partition coefficient (Wildman–Crippen LogP) is 2.86. The van der Waals surface area contributed by atoms with Gasteiger partial charge in [0, 0.05) is 6.54 Å². The summed E-state index contributed by atoms with van der Waals surface area (Å²) in [5, 5.41) is 0. The second-order valence-corrected chi connectivity index (χ2v) is 5.25. The van der Waals surface area contributed by atoms with Crippen LogP contribution >= 0.6 is 11.3 Å². The van der Waals surface area contributed by atoms with Gasteiger partial charge < -0.3 is 10.6 Å². The quantitative estimate of drug-likeness (QED) is 0.886. The molecular weight excluding hydrogens is 287 g/mol. The first-order valence-corrected chi connectivity index (χ1v) is 7.34. The van der Waals surface area contributed by atoms with E-state index in [0.717, 1.165) is 4.88 Å². The largest absolute Gasteiger partial charge is 0.320 e. The minimum Gasteiger partial charge on any atom is -0.320 e. The van der Waals surface area contributed by atoms with E-state index >= 15 is 0 Å². The van der Waals surface area contributed by atoms with Crippen molar-refractivity contribution in [1.29, 1.82) is 0 Å². The monoisotopic (exact) mass is 302 g/mol. The van der Waals surface area contributed by atoms with E-state index < -0.39 is 5.82 Å². The number of benzene rings is 1. The van der Waals surface area contributed by atoms with Crippen molar-refractivity contribution in [2.75, 3.05) is 18.0 Å². The molecule has 0 saturated heterocycles. The first kappa shape index (κ1) is 15.2. The van der Waals surface area contributed by atoms with Crippen LogP contribution in [0.2, 0.25) is 0 Å². The predicted molar refractivity (Wildman–Crippen MR) is 84.0 cm³/mol. The molecular formula is C16H15FN2OS. The number of carbonyl (C=O) groups is 1. The first-order valence-electron chi connectivity index (χ1n) is 6.52. The average Bonchev–Trinajstić information content (AvgIpc) is 2.96. The molecule has 2 N–H and O–H groups in total. The van der Waals surface area contributed by atoms with Crippen LogP contribution in [0.1, 0.15) is 21.5 Å². The Morgan fingerprint density at radius 1 is 1.33 bits per heavy atom. The summed E-state index contributed by atoms with van der Waals surface area (Å²) in [6.45, 7) is 2.48. The SMILES string of the molecule is CCN(C(=O)c1ccc(C#CCN)s1)c1ccccc1F. The molecule has 1 amide bonds. The van der Waals surface area contributed by atoms with Gasteiger partial charge in [0.05, 0.1) is 22.0 Å². The fourth-order valence-corrected chi connectivity index (χ4v) is 2.71. The maximum absolute atomic E-state index is 13.8. The number of anilines is 1. The van der Waals surface area contributed by atoms with Gasteiger partial charge >= 0.3 is 0 Å². The molecule has 3 nitrogen and oxygen atoms in total. The van der Waals surface area contributed by atoms with E-state index in [1.807, 2.05) is 6.92 Å². The Hall–Kier alpha value is -2.16. The topological polar surface area (TPSA) is 46.3 Å². The maximum atomic E-state index is 13.8. The minimum atomic E-state index is -0.410. The summed E-state index contributed by atoms with van der Waals surface area (Å²) in [5.41, 5.74) is 5.60. The number of rotatable bonds is 3. The third kappa shape index (κ3) is 3.48. The van der Waals surface area contributed by atoms with Gasteiger partial charge in [-0.25, -0.2) is 4.39 Å². The Morgan fingerprint density at radius 3 is 2.76 bits per heavy atom. The lowest BCUT2D eigenvalue weighted by Gasteiger charge is -2.20. The zero-order valence-corrected chi connectivity index (χ0v) is 12.4. The standard InChI is InChI=1S/C16H15FN2OS/c1-2-19(14-8-4-3-7-13(14)17)16(20)15-10-9-12(21-15)6-5-11-18/h3-4,7-10H,2,11,18H2,1H3. The number of halogens is 1. The van der Waals surface area contributed by atoms with Crippen molar-refractivity contribution in [2.45, 2.75) is 6.92 Å². The molecule has 2 aromatic rings. The van der Waals surface area contributed by atoms with Crippen LogP contribution in [-0.2, 0) is 0 Å². The lowest BCUT2D eigenvalue weighted by atomic mass is 10.2. The Bertz CT molecular complexity index is 700. The summed E-state index contributed by atoms with van der Waals surface area (Å²) in [4.78, 5) is 15.2. The van der Waals surface area contributed by atoms with Gasteiger partial charge in [-0.3, -0.25) is 4.79 Å². The fraction of sp³-hybridized carbons (Fsp3) is 0.188. The minimum absolute atomic E-state index is 0.228. The second kappa shape index (κ2) is 7.02. The number of amides is 1. The summed E-state index contributed by atoms with van der Waals surface area (Å²) in [7, 11) is 0. The van der Waals surface area contributed by atoms with Crippen molar-refractivity contribution in [3.05, 3.63) is 52.0 Å². The molecule has 1 heterocycles. The summed E-state index contributed by atoms with van der Waals surface area (Å²) >= 11 is 1.28. The van der Waals surface area contributed by atoms with Gasteiger partial charge in [-0.1, -0.05) is 24.0 Å². The highest BCUT2D eigenvalue weighted by atomic mass is 32.1. The lowest BCUT2D eigenvalue weighted by molar-refractivity contribution is 0.0991. The van der Waals surface area contributed by atoms with Crippen LogP contribution in [-0.4, -0.2) is 19.0 Å². The van der Waals surface area contributed by atoms with E-state index in [0.29, 0.717) is 11.4 Å². The summed E-state index contributed by atoms with van der Waals surface area (Å²) in [6.07, 6.45) is 0. The van der Waals surface area contributed by atoms with Crippen molar-refractivity contribution in [1.82, 2.24) is 0 Å². The van der Waals surface area contributed by atoms with E-state index in [2.05, 4.69) is 11.8 Å². The summed E-state index contributed by atoms with van der Waals surface area (Å²) < 4.78 is 13.8. The van der Waals surface area contributed by atoms with Crippen LogP contribution in [0.5, 0.6) is 0 Å². The molecule has 2 rings (SSSR count). The van der Waals surface area contributed by atoms with Crippen molar-refractivity contribution >= 4 is 22.9 Å². The number of nitrogens with two attached hydrogens (primary N) is 1. The third-order valence-corrected chi connectivity index (χ3v) is 3.82. The van der Waals surface area contributed by atoms with Crippen LogP contribution in [0.4, 0.5) is 10.1 Å². The number of para-hydroxylation sites is 1. The van der Waals surface area contributed by atoms with Gasteiger partial charge in [-0.15, -0.1) is 11.3 Å². The van der Waals surface area contributed by atoms with E-state index in [1.165, 1.54) is 22.3 Å². The number of hydrogen-bond donors (Lipinski definition) is 1. The maximum Gasteiger partial charge on any atom is 0.268 e. The Balaban J connectivity index is 2.29. The van der Waals surface area contributed by atoms with Gasteiger partial charge in [-0.05, 0) is 31.2 Å². The van der Waals surface area contributed by atoms with Gasteiger partial charge in [0.2, 0.25) is 0 Å². The molecule has 0 aliphatic heterocycles. The molecule has 0 unspecified atom stereocenters. The molecule has 0 saturated carbocycles. The molecule has 0 spiro atoms. The highest BCUT2D eigenvalue weighted by Crippen LogP contribution is 2.24. The summed E-state index contributed by atoms with van der Waals surface area (Å²) in [6, 6.07) is 9.73. The van der Waals surface area contributed by atoms with Crippen molar-refractivity contribution < 1.29 is 9.18 Å². The van der Waals surface area contributed by atoms with Crippen LogP contribution in [0.25, 0.3) is 0 Å². The van der Waals surface area contributed by atoms with Crippen LogP contribution in [0, 0.1) is 17.7 Å². The fourth-order valence-electron chi connectivity index (χ4n) is 1.89. The Kier molecular flexibility index (Phi) is 5.09. The highest BCUT2D eigenvalue weighted by molar-refractivity contribution is 7.14. The van der Waals surface area contributed by atoms with Gasteiger partial charge in [-0.2, -0.15) is 0 Å².